The highest BCUT2D eigenvalue weighted by molar-refractivity contribution is 7.92. The Morgan fingerprint density at radius 3 is 1.82 bits per heavy atom. The van der Waals surface area contributed by atoms with Crippen molar-refractivity contribution < 1.29 is 21.6 Å². The van der Waals surface area contributed by atoms with Crippen molar-refractivity contribution in [3.63, 3.8) is 0 Å². The number of hydrogen-bond donors (Lipinski definition) is 0. The van der Waals surface area contributed by atoms with Gasteiger partial charge in [0, 0.05) is 0 Å². The minimum atomic E-state index is -5.11. The second kappa shape index (κ2) is 3.00. The number of hydrogen-bond acceptors (Lipinski definition) is 2. The number of rotatable bonds is 2. The van der Waals surface area contributed by atoms with E-state index in [1.54, 1.807) is 0 Å². The van der Waals surface area contributed by atoms with E-state index in [1.165, 1.54) is 6.92 Å². The van der Waals surface area contributed by atoms with Crippen LogP contribution >= 0.6 is 0 Å². The second-order valence-corrected chi connectivity index (χ2v) is 4.57. The summed E-state index contributed by atoms with van der Waals surface area (Å²) in [6, 6.07) is 0. The van der Waals surface area contributed by atoms with Gasteiger partial charge >= 0.3 is 5.51 Å². The van der Waals surface area contributed by atoms with E-state index in [2.05, 4.69) is 0 Å². The largest absolute Gasteiger partial charge is 0.497 e. The molecule has 0 fully saturated rings. The molecule has 0 saturated heterocycles. The molecule has 0 saturated carbocycles. The number of halogens is 3. The fraction of sp³-hybridized carbons (Fsp3) is 1.00. The first-order valence-corrected chi connectivity index (χ1v) is 4.58. The molecule has 0 aromatic carbocycles. The van der Waals surface area contributed by atoms with Crippen molar-refractivity contribution in [2.24, 2.45) is 0 Å². The molecule has 0 aromatic rings. The quantitative estimate of drug-likeness (QED) is 0.664. The zero-order chi connectivity index (χ0) is 9.28. The molecule has 0 heterocycles. The number of alkyl halides is 3. The Morgan fingerprint density at radius 1 is 1.36 bits per heavy atom. The van der Waals surface area contributed by atoms with Gasteiger partial charge in [-0.25, -0.2) is 8.42 Å². The molecule has 2 nitrogen and oxygen atoms in total. The van der Waals surface area contributed by atoms with Crippen molar-refractivity contribution in [2.75, 3.05) is 0 Å². The van der Waals surface area contributed by atoms with Gasteiger partial charge in [0.05, 0.1) is 5.25 Å². The Kier molecular flexibility index (Phi) is 2.93. The molecule has 1 atom stereocenters. The normalized spacial score (nSPS) is 16.5. The predicted molar refractivity (Wildman–Crippen MR) is 34.7 cm³/mol. The fourth-order valence-electron chi connectivity index (χ4n) is 0.448. The molecule has 0 bridgehead atoms. The maximum absolute atomic E-state index is 11.7. The molecule has 0 aliphatic heterocycles. The predicted octanol–water partition coefficient (Wildman–Crippen LogP) is 1.72. The van der Waals surface area contributed by atoms with Gasteiger partial charge in [-0.2, -0.15) is 13.2 Å². The summed E-state index contributed by atoms with van der Waals surface area (Å²) in [6.07, 6.45) is -0.0259. The molecule has 0 N–H and O–H groups in total. The summed E-state index contributed by atoms with van der Waals surface area (Å²) in [6.45, 7) is 2.44. The molecule has 11 heavy (non-hydrogen) atoms. The van der Waals surface area contributed by atoms with Gasteiger partial charge in [0.1, 0.15) is 0 Å². The molecule has 0 unspecified atom stereocenters. The van der Waals surface area contributed by atoms with Crippen LogP contribution in [0.25, 0.3) is 0 Å². The molecule has 68 valence electrons. The first kappa shape index (κ1) is 10.7. The van der Waals surface area contributed by atoms with Gasteiger partial charge in [-0.05, 0) is 13.3 Å². The third-order valence-corrected chi connectivity index (χ3v) is 3.47. The molecule has 0 radical (unpaired) electrons. The van der Waals surface area contributed by atoms with Crippen LogP contribution in [0.3, 0.4) is 0 Å². The minimum absolute atomic E-state index is 0.0259. The highest BCUT2D eigenvalue weighted by atomic mass is 32.2. The molecule has 0 aliphatic carbocycles. The zero-order valence-corrected chi connectivity index (χ0v) is 6.96. The summed E-state index contributed by atoms with van der Waals surface area (Å²) < 4.78 is 56.0. The molecule has 0 aromatic heterocycles. The van der Waals surface area contributed by atoms with Gasteiger partial charge in [-0.1, -0.05) is 6.92 Å². The van der Waals surface area contributed by atoms with Gasteiger partial charge in [-0.3, -0.25) is 0 Å². The molecule has 0 spiro atoms. The first-order valence-electron chi connectivity index (χ1n) is 3.03. The van der Waals surface area contributed by atoms with Gasteiger partial charge in [-0.15, -0.1) is 0 Å². The van der Waals surface area contributed by atoms with Crippen LogP contribution in [0.1, 0.15) is 20.3 Å². The average Bonchev–Trinajstić information content (AvgIpc) is 1.83. The van der Waals surface area contributed by atoms with Crippen LogP contribution < -0.4 is 0 Å². The molecule has 6 heteroatoms. The van der Waals surface area contributed by atoms with E-state index in [1.807, 2.05) is 0 Å². The summed E-state index contributed by atoms with van der Waals surface area (Å²) >= 11 is 0. The third kappa shape index (κ3) is 2.08. The zero-order valence-electron chi connectivity index (χ0n) is 6.14. The van der Waals surface area contributed by atoms with Crippen LogP contribution in [-0.2, 0) is 9.84 Å². The first-order chi connectivity index (χ1) is 4.73. The summed E-state index contributed by atoms with van der Waals surface area (Å²) in [5, 5.41) is -1.34. The Bertz CT molecular complexity index is 216. The van der Waals surface area contributed by atoms with Gasteiger partial charge in [0.25, 0.3) is 0 Å². The Morgan fingerprint density at radius 2 is 1.73 bits per heavy atom. The van der Waals surface area contributed by atoms with Crippen LogP contribution in [0.2, 0.25) is 0 Å². The molecular formula is C5H9F3O2S. The number of sulfone groups is 1. The molecule has 0 aliphatic rings. The summed E-state index contributed by atoms with van der Waals surface area (Å²) in [5.41, 5.74) is -5.11. The lowest BCUT2D eigenvalue weighted by atomic mass is 10.4. The van der Waals surface area contributed by atoms with E-state index in [9.17, 15) is 21.6 Å². The maximum atomic E-state index is 11.7. The van der Waals surface area contributed by atoms with Crippen LogP contribution in [0.15, 0.2) is 0 Å². The van der Waals surface area contributed by atoms with Gasteiger partial charge < -0.3 is 0 Å². The van der Waals surface area contributed by atoms with Crippen LogP contribution in [0.4, 0.5) is 13.2 Å². The lowest BCUT2D eigenvalue weighted by molar-refractivity contribution is -0.0443. The van der Waals surface area contributed by atoms with Crippen molar-refractivity contribution in [2.45, 2.75) is 31.0 Å². The van der Waals surface area contributed by atoms with E-state index in [-0.39, 0.29) is 6.42 Å². The summed E-state index contributed by atoms with van der Waals surface area (Å²) in [7, 11) is -4.93. The van der Waals surface area contributed by atoms with E-state index < -0.39 is 20.6 Å². The highest BCUT2D eigenvalue weighted by Crippen LogP contribution is 2.27. The molecule has 0 amide bonds. The van der Waals surface area contributed by atoms with E-state index in [0.717, 1.165) is 6.92 Å². The lowest BCUT2D eigenvalue weighted by Crippen LogP contribution is -2.31. The van der Waals surface area contributed by atoms with Crippen LogP contribution in [0.5, 0.6) is 0 Å². The molecular weight excluding hydrogens is 181 g/mol. The van der Waals surface area contributed by atoms with Crippen LogP contribution in [0, 0.1) is 0 Å². The summed E-state index contributed by atoms with van der Waals surface area (Å²) in [4.78, 5) is 0. The second-order valence-electron chi connectivity index (χ2n) is 2.21. The monoisotopic (exact) mass is 190 g/mol. The summed E-state index contributed by atoms with van der Waals surface area (Å²) in [5.74, 6) is 0. The van der Waals surface area contributed by atoms with Crippen LogP contribution in [-0.4, -0.2) is 19.2 Å². The molecule has 0 rings (SSSR count). The minimum Gasteiger partial charge on any atom is -0.219 e. The van der Waals surface area contributed by atoms with Crippen molar-refractivity contribution in [1.82, 2.24) is 0 Å². The Balaban J connectivity index is 4.77. The fourth-order valence-corrected chi connectivity index (χ4v) is 1.34. The van der Waals surface area contributed by atoms with E-state index >= 15 is 0 Å². The third-order valence-electron chi connectivity index (χ3n) is 1.43. The van der Waals surface area contributed by atoms with Crippen molar-refractivity contribution >= 4 is 9.84 Å². The smallest absolute Gasteiger partial charge is 0.219 e. The Hall–Kier alpha value is -0.260. The van der Waals surface area contributed by atoms with Gasteiger partial charge in [0.15, 0.2) is 0 Å². The lowest BCUT2D eigenvalue weighted by Gasteiger charge is -2.12. The van der Waals surface area contributed by atoms with Crippen molar-refractivity contribution in [3.05, 3.63) is 0 Å². The topological polar surface area (TPSA) is 34.1 Å². The average molecular weight is 190 g/mol. The van der Waals surface area contributed by atoms with E-state index in [4.69, 9.17) is 0 Å². The van der Waals surface area contributed by atoms with Crippen molar-refractivity contribution in [1.29, 1.82) is 0 Å². The van der Waals surface area contributed by atoms with E-state index in [0.29, 0.717) is 0 Å². The SMILES string of the molecule is CC[C@H](C)S(=O)(=O)C(F)(F)F. The highest BCUT2D eigenvalue weighted by Gasteiger charge is 2.48. The van der Waals surface area contributed by atoms with Gasteiger partial charge in [0.2, 0.25) is 9.84 Å². The Labute approximate surface area is 63.3 Å². The standard InChI is InChI=1S/C5H9F3O2S/c1-3-4(2)11(9,10)5(6,7)8/h4H,3H2,1-2H3/t4-/m0/s1. The van der Waals surface area contributed by atoms with Crippen molar-refractivity contribution in [3.8, 4) is 0 Å². The maximum Gasteiger partial charge on any atom is 0.497 e.